The number of ether oxygens (including phenoxy) is 1. The predicted octanol–water partition coefficient (Wildman–Crippen LogP) is 5.38. The molecule has 0 amide bonds. The molecule has 0 radical (unpaired) electrons. The Morgan fingerprint density at radius 2 is 1.96 bits per heavy atom. The molecule has 0 aliphatic carbocycles. The Labute approximate surface area is 149 Å². The first kappa shape index (κ1) is 15.0. The van der Waals surface area contributed by atoms with E-state index in [0.29, 0.717) is 0 Å². The number of nitrogens with zero attached hydrogens (tertiary/aromatic N) is 2. The molecule has 2 aliphatic rings. The molecule has 3 nitrogen and oxygen atoms in total. The van der Waals surface area contributed by atoms with Crippen LogP contribution in [-0.4, -0.2) is 16.4 Å². The molecule has 0 aromatic heterocycles. The van der Waals surface area contributed by atoms with Crippen LogP contribution in [-0.2, 0) is 0 Å². The third-order valence-corrected chi connectivity index (χ3v) is 5.08. The lowest BCUT2D eigenvalue weighted by Crippen LogP contribution is -2.48. The van der Waals surface area contributed by atoms with E-state index in [9.17, 15) is 0 Å². The molecule has 0 saturated heterocycles. The largest absolute Gasteiger partial charge is 0.467 e. The molecular weight excluding hydrogens is 376 g/mol. The van der Waals surface area contributed by atoms with Gasteiger partial charge in [-0.1, -0.05) is 39.7 Å². The molecule has 5 heteroatoms. The summed E-state index contributed by atoms with van der Waals surface area (Å²) in [6.45, 7) is 4.11. The van der Waals surface area contributed by atoms with Crippen LogP contribution in [0, 0.1) is 0 Å². The monoisotopic (exact) mass is 390 g/mol. The number of hydrogen-bond donors (Lipinski definition) is 0. The average molecular weight is 392 g/mol. The molecule has 0 N–H and O–H groups in total. The van der Waals surface area contributed by atoms with Crippen molar-refractivity contribution in [2.45, 2.75) is 32.0 Å². The summed E-state index contributed by atoms with van der Waals surface area (Å²) < 4.78 is 7.22. The second-order valence-electron chi connectivity index (χ2n) is 6.35. The van der Waals surface area contributed by atoms with Crippen LogP contribution in [0.15, 0.2) is 52.0 Å². The third-order valence-electron chi connectivity index (χ3n) is 4.33. The maximum absolute atomic E-state index is 6.17. The minimum absolute atomic E-state index is 0.192. The molecule has 2 aromatic carbocycles. The highest BCUT2D eigenvalue weighted by molar-refractivity contribution is 9.10. The van der Waals surface area contributed by atoms with Gasteiger partial charge in [0.15, 0.2) is 5.72 Å². The van der Waals surface area contributed by atoms with Gasteiger partial charge in [-0.15, -0.1) is 0 Å². The Bertz CT molecular complexity index is 801. The predicted molar refractivity (Wildman–Crippen MR) is 96.0 cm³/mol. The van der Waals surface area contributed by atoms with Gasteiger partial charge in [-0.3, -0.25) is 0 Å². The number of fused-ring (bicyclic) bond motifs is 3. The summed E-state index contributed by atoms with van der Waals surface area (Å²) >= 11 is 9.55. The van der Waals surface area contributed by atoms with Crippen LogP contribution < -0.4 is 4.74 Å². The molecule has 1 atom stereocenters. The van der Waals surface area contributed by atoms with Gasteiger partial charge in [0.25, 0.3) is 0 Å². The molecule has 0 unspecified atom stereocenters. The Hall–Kier alpha value is -1.52. The van der Waals surface area contributed by atoms with Crippen molar-refractivity contribution in [1.29, 1.82) is 0 Å². The zero-order chi connectivity index (χ0) is 16.2. The molecule has 23 heavy (non-hydrogen) atoms. The molecule has 4 rings (SSSR count). The zero-order valence-corrected chi connectivity index (χ0v) is 15.2. The Morgan fingerprint density at radius 3 is 2.70 bits per heavy atom. The first-order chi connectivity index (χ1) is 10.9. The highest BCUT2D eigenvalue weighted by atomic mass is 79.9. The summed E-state index contributed by atoms with van der Waals surface area (Å²) in [6.07, 6.45) is 0.859. The van der Waals surface area contributed by atoms with Crippen molar-refractivity contribution in [3.05, 3.63) is 63.1 Å². The molecule has 0 saturated carbocycles. The highest BCUT2D eigenvalue weighted by Crippen LogP contribution is 2.47. The number of benzene rings is 2. The Morgan fingerprint density at radius 1 is 1.22 bits per heavy atom. The second kappa shape index (κ2) is 5.25. The fourth-order valence-electron chi connectivity index (χ4n) is 3.25. The summed E-state index contributed by atoms with van der Waals surface area (Å²) in [4.78, 5) is 0. The van der Waals surface area contributed by atoms with Crippen LogP contribution >= 0.6 is 27.5 Å². The van der Waals surface area contributed by atoms with E-state index in [1.807, 2.05) is 36.4 Å². The van der Waals surface area contributed by atoms with Gasteiger partial charge in [-0.25, -0.2) is 5.01 Å². The lowest BCUT2D eigenvalue weighted by atomic mass is 9.95. The van der Waals surface area contributed by atoms with Crippen LogP contribution in [0.25, 0.3) is 0 Å². The standard InChI is InChI=1S/C18H16BrClN2O/c1-18(2)22-16(14-9-12(19)5-8-17(14)23-18)10-15(21-22)11-3-6-13(20)7-4-11/h3-9,16H,10H2,1-2H3/t16-/m1/s1. The SMILES string of the molecule is CC1(C)Oc2ccc(Br)cc2[C@H]2CC(c3ccc(Cl)cc3)=NN21. The third kappa shape index (κ3) is 2.54. The summed E-state index contributed by atoms with van der Waals surface area (Å²) in [5.74, 6) is 0.937. The summed E-state index contributed by atoms with van der Waals surface area (Å²) in [6, 6.07) is 14.2. The molecule has 2 aromatic rings. The normalized spacial score (nSPS) is 21.3. The fraction of sp³-hybridized carbons (Fsp3) is 0.278. The van der Waals surface area contributed by atoms with Gasteiger partial charge in [-0.05, 0) is 49.7 Å². The van der Waals surface area contributed by atoms with Gasteiger partial charge in [0, 0.05) is 21.5 Å². The average Bonchev–Trinajstić information content (AvgIpc) is 2.95. The summed E-state index contributed by atoms with van der Waals surface area (Å²) in [7, 11) is 0. The van der Waals surface area contributed by atoms with Gasteiger partial charge in [0.05, 0.1) is 11.8 Å². The van der Waals surface area contributed by atoms with E-state index in [1.165, 1.54) is 5.56 Å². The maximum Gasteiger partial charge on any atom is 0.192 e. The lowest BCUT2D eigenvalue weighted by molar-refractivity contribution is -0.0911. The topological polar surface area (TPSA) is 24.8 Å². The van der Waals surface area contributed by atoms with Gasteiger partial charge in [0.2, 0.25) is 0 Å². The zero-order valence-electron chi connectivity index (χ0n) is 12.9. The number of hydrogen-bond acceptors (Lipinski definition) is 3. The van der Waals surface area contributed by atoms with Gasteiger partial charge in [0.1, 0.15) is 5.75 Å². The van der Waals surface area contributed by atoms with Crippen LogP contribution in [0.3, 0.4) is 0 Å². The van der Waals surface area contributed by atoms with Crippen molar-refractivity contribution in [2.24, 2.45) is 5.10 Å². The van der Waals surface area contributed by atoms with Gasteiger partial charge < -0.3 is 4.74 Å². The van der Waals surface area contributed by atoms with E-state index in [-0.39, 0.29) is 6.04 Å². The van der Waals surface area contributed by atoms with Crippen LogP contribution in [0.1, 0.15) is 37.4 Å². The molecule has 0 spiro atoms. The Kier molecular flexibility index (Phi) is 3.43. The first-order valence-corrected chi connectivity index (χ1v) is 8.72. The van der Waals surface area contributed by atoms with Crippen molar-refractivity contribution >= 4 is 33.2 Å². The maximum atomic E-state index is 6.17. The molecule has 118 valence electrons. The fourth-order valence-corrected chi connectivity index (χ4v) is 3.76. The summed E-state index contributed by atoms with van der Waals surface area (Å²) in [5.41, 5.74) is 2.87. The van der Waals surface area contributed by atoms with Crippen LogP contribution in [0.4, 0.5) is 0 Å². The molecule has 0 fully saturated rings. The smallest absolute Gasteiger partial charge is 0.192 e. The van der Waals surface area contributed by atoms with Gasteiger partial charge in [-0.2, -0.15) is 5.10 Å². The molecular formula is C18H16BrClN2O. The summed E-state index contributed by atoms with van der Waals surface area (Å²) in [5, 5.41) is 7.67. The minimum Gasteiger partial charge on any atom is -0.467 e. The van der Waals surface area contributed by atoms with E-state index in [2.05, 4.69) is 40.9 Å². The van der Waals surface area contributed by atoms with E-state index in [1.54, 1.807) is 0 Å². The molecule has 2 aliphatic heterocycles. The minimum atomic E-state index is -0.473. The first-order valence-electron chi connectivity index (χ1n) is 7.55. The van der Waals surface area contributed by atoms with Crippen molar-refractivity contribution in [1.82, 2.24) is 5.01 Å². The quantitative estimate of drug-likeness (QED) is 0.652. The number of halogens is 2. The van der Waals surface area contributed by atoms with E-state index >= 15 is 0 Å². The van der Waals surface area contributed by atoms with Crippen molar-refractivity contribution < 1.29 is 4.74 Å². The van der Waals surface area contributed by atoms with Gasteiger partial charge >= 0.3 is 0 Å². The van der Waals surface area contributed by atoms with Crippen molar-refractivity contribution in [2.75, 3.05) is 0 Å². The highest BCUT2D eigenvalue weighted by Gasteiger charge is 2.44. The number of hydrazone groups is 1. The van der Waals surface area contributed by atoms with Crippen LogP contribution in [0.5, 0.6) is 5.75 Å². The Balaban J connectivity index is 1.77. The van der Waals surface area contributed by atoms with E-state index in [4.69, 9.17) is 21.4 Å². The van der Waals surface area contributed by atoms with Crippen molar-refractivity contribution in [3.63, 3.8) is 0 Å². The lowest BCUT2D eigenvalue weighted by Gasteiger charge is -2.43. The van der Waals surface area contributed by atoms with Crippen molar-refractivity contribution in [3.8, 4) is 5.75 Å². The second-order valence-corrected chi connectivity index (χ2v) is 7.70. The van der Waals surface area contributed by atoms with Crippen LogP contribution in [0.2, 0.25) is 5.02 Å². The molecule has 2 heterocycles. The van der Waals surface area contributed by atoms with E-state index in [0.717, 1.165) is 32.9 Å². The number of rotatable bonds is 1. The van der Waals surface area contributed by atoms with E-state index < -0.39 is 5.72 Å². The molecule has 0 bridgehead atoms.